The van der Waals surface area contributed by atoms with E-state index in [2.05, 4.69) is 4.98 Å². The van der Waals surface area contributed by atoms with E-state index in [1.807, 2.05) is 68.4 Å². The fourth-order valence-electron chi connectivity index (χ4n) is 3.30. The molecule has 0 unspecified atom stereocenters. The van der Waals surface area contributed by atoms with Crippen LogP contribution >= 0.6 is 0 Å². The molecular formula is C23H24N2O3. The SMILES string of the molecule is Cc1nc2ccccc2c(C)c1C(=O)OCC(=O)N(C)[C@@H](C)c1ccccc1. The Balaban J connectivity index is 1.72. The topological polar surface area (TPSA) is 59.5 Å². The Bertz CT molecular complexity index is 1020. The van der Waals surface area contributed by atoms with Gasteiger partial charge in [0.25, 0.3) is 5.91 Å². The van der Waals surface area contributed by atoms with Gasteiger partial charge in [-0.2, -0.15) is 0 Å². The summed E-state index contributed by atoms with van der Waals surface area (Å²) < 4.78 is 5.34. The van der Waals surface area contributed by atoms with Gasteiger partial charge < -0.3 is 9.64 Å². The van der Waals surface area contributed by atoms with Crippen molar-refractivity contribution < 1.29 is 14.3 Å². The van der Waals surface area contributed by atoms with Crippen molar-refractivity contribution in [3.8, 4) is 0 Å². The van der Waals surface area contributed by atoms with Gasteiger partial charge in [-0.05, 0) is 38.0 Å². The van der Waals surface area contributed by atoms with E-state index in [0.717, 1.165) is 22.0 Å². The monoisotopic (exact) mass is 376 g/mol. The summed E-state index contributed by atoms with van der Waals surface area (Å²) in [7, 11) is 1.71. The van der Waals surface area contributed by atoms with E-state index in [-0.39, 0.29) is 18.6 Å². The number of hydrogen-bond acceptors (Lipinski definition) is 4. The van der Waals surface area contributed by atoms with E-state index in [1.54, 1.807) is 18.9 Å². The highest BCUT2D eigenvalue weighted by atomic mass is 16.5. The largest absolute Gasteiger partial charge is 0.452 e. The molecule has 0 saturated carbocycles. The average Bonchev–Trinajstić information content (AvgIpc) is 2.71. The van der Waals surface area contributed by atoms with Crippen molar-refractivity contribution in [2.24, 2.45) is 0 Å². The number of hydrogen-bond donors (Lipinski definition) is 0. The minimum absolute atomic E-state index is 0.113. The van der Waals surface area contributed by atoms with Crippen LogP contribution < -0.4 is 0 Å². The number of carbonyl (C=O) groups excluding carboxylic acids is 2. The molecule has 3 aromatic rings. The highest BCUT2D eigenvalue weighted by Gasteiger charge is 2.22. The van der Waals surface area contributed by atoms with E-state index >= 15 is 0 Å². The molecule has 1 aromatic heterocycles. The van der Waals surface area contributed by atoms with Crippen molar-refractivity contribution in [1.82, 2.24) is 9.88 Å². The molecule has 2 aromatic carbocycles. The predicted octanol–water partition coefficient (Wildman–Crippen LogP) is 4.23. The van der Waals surface area contributed by atoms with Crippen LogP contribution in [-0.4, -0.2) is 35.4 Å². The summed E-state index contributed by atoms with van der Waals surface area (Å²) in [6.45, 7) is 5.29. The summed E-state index contributed by atoms with van der Waals surface area (Å²) in [6.07, 6.45) is 0. The number of aryl methyl sites for hydroxylation is 2. The van der Waals surface area contributed by atoms with Gasteiger partial charge >= 0.3 is 5.97 Å². The molecule has 1 amide bonds. The number of esters is 1. The Labute approximate surface area is 165 Å². The number of para-hydroxylation sites is 1. The van der Waals surface area contributed by atoms with Crippen LogP contribution in [0, 0.1) is 13.8 Å². The van der Waals surface area contributed by atoms with Gasteiger partial charge in [0.05, 0.1) is 22.8 Å². The molecule has 0 aliphatic heterocycles. The number of nitrogens with zero attached hydrogens (tertiary/aromatic N) is 2. The smallest absolute Gasteiger partial charge is 0.340 e. The predicted molar refractivity (Wildman–Crippen MR) is 109 cm³/mol. The first-order chi connectivity index (χ1) is 13.4. The second kappa shape index (κ2) is 8.21. The summed E-state index contributed by atoms with van der Waals surface area (Å²) in [5, 5.41) is 0.904. The van der Waals surface area contributed by atoms with Crippen molar-refractivity contribution in [3.05, 3.63) is 77.0 Å². The maximum absolute atomic E-state index is 12.7. The van der Waals surface area contributed by atoms with Gasteiger partial charge in [-0.25, -0.2) is 4.79 Å². The molecule has 0 N–H and O–H groups in total. The zero-order valence-corrected chi connectivity index (χ0v) is 16.6. The van der Waals surface area contributed by atoms with Gasteiger partial charge in [-0.3, -0.25) is 9.78 Å². The van der Waals surface area contributed by atoms with E-state index < -0.39 is 5.97 Å². The number of carbonyl (C=O) groups is 2. The summed E-state index contributed by atoms with van der Waals surface area (Å²) in [5.41, 5.74) is 3.69. The molecule has 0 fully saturated rings. The van der Waals surface area contributed by atoms with E-state index in [1.165, 1.54) is 0 Å². The first-order valence-electron chi connectivity index (χ1n) is 9.23. The van der Waals surface area contributed by atoms with Crippen LogP contribution in [0.15, 0.2) is 54.6 Å². The Morgan fingerprint density at radius 1 is 1.04 bits per heavy atom. The third kappa shape index (κ3) is 3.88. The standard InChI is InChI=1S/C23H24N2O3/c1-15-19-12-8-9-13-20(19)24-16(2)22(15)23(27)28-14-21(26)25(4)17(3)18-10-6-5-7-11-18/h5-13,17H,14H2,1-4H3/t17-/m0/s1. The molecule has 5 nitrogen and oxygen atoms in total. The Hall–Kier alpha value is -3.21. The third-order valence-corrected chi connectivity index (χ3v) is 5.12. The fourth-order valence-corrected chi connectivity index (χ4v) is 3.30. The maximum Gasteiger partial charge on any atom is 0.340 e. The second-order valence-electron chi connectivity index (χ2n) is 6.88. The van der Waals surface area contributed by atoms with Gasteiger partial charge in [-0.15, -0.1) is 0 Å². The quantitative estimate of drug-likeness (QED) is 0.625. The summed E-state index contributed by atoms with van der Waals surface area (Å²) in [4.78, 5) is 31.2. The zero-order chi connectivity index (χ0) is 20.3. The van der Waals surface area contributed by atoms with Gasteiger partial charge in [-0.1, -0.05) is 48.5 Å². The third-order valence-electron chi connectivity index (χ3n) is 5.12. The molecule has 0 bridgehead atoms. The first-order valence-corrected chi connectivity index (χ1v) is 9.23. The minimum atomic E-state index is -0.526. The molecule has 0 spiro atoms. The molecule has 0 saturated heterocycles. The lowest BCUT2D eigenvalue weighted by atomic mass is 10.0. The van der Waals surface area contributed by atoms with Gasteiger partial charge in [0.15, 0.2) is 6.61 Å². The number of amides is 1. The van der Waals surface area contributed by atoms with Crippen LogP contribution in [0.4, 0.5) is 0 Å². The van der Waals surface area contributed by atoms with Gasteiger partial charge in [0.2, 0.25) is 0 Å². The zero-order valence-electron chi connectivity index (χ0n) is 16.6. The van der Waals surface area contributed by atoms with Crippen LogP contribution in [0.1, 0.15) is 40.1 Å². The average molecular weight is 376 g/mol. The van der Waals surface area contributed by atoms with Crippen molar-refractivity contribution in [1.29, 1.82) is 0 Å². The molecule has 1 heterocycles. The van der Waals surface area contributed by atoms with E-state index in [0.29, 0.717) is 11.3 Å². The minimum Gasteiger partial charge on any atom is -0.452 e. The molecule has 0 aliphatic rings. The number of fused-ring (bicyclic) bond motifs is 1. The number of aromatic nitrogens is 1. The number of ether oxygens (including phenoxy) is 1. The van der Waals surface area contributed by atoms with Crippen LogP contribution in [-0.2, 0) is 9.53 Å². The highest BCUT2D eigenvalue weighted by Crippen LogP contribution is 2.23. The summed E-state index contributed by atoms with van der Waals surface area (Å²) in [6, 6.07) is 17.3. The lowest BCUT2D eigenvalue weighted by molar-refractivity contribution is -0.135. The Morgan fingerprint density at radius 2 is 1.68 bits per heavy atom. The molecule has 0 radical (unpaired) electrons. The van der Waals surface area contributed by atoms with E-state index in [9.17, 15) is 9.59 Å². The highest BCUT2D eigenvalue weighted by molar-refractivity contribution is 5.99. The van der Waals surface area contributed by atoms with Crippen molar-refractivity contribution >= 4 is 22.8 Å². The molecule has 28 heavy (non-hydrogen) atoms. The van der Waals surface area contributed by atoms with Crippen molar-refractivity contribution in [2.45, 2.75) is 26.8 Å². The second-order valence-corrected chi connectivity index (χ2v) is 6.88. The summed E-state index contributed by atoms with van der Waals surface area (Å²) >= 11 is 0. The molecular weight excluding hydrogens is 352 g/mol. The Kier molecular flexibility index (Phi) is 5.73. The van der Waals surface area contributed by atoms with Gasteiger partial charge in [0.1, 0.15) is 0 Å². The van der Waals surface area contributed by atoms with E-state index in [4.69, 9.17) is 4.74 Å². The molecule has 5 heteroatoms. The lowest BCUT2D eigenvalue weighted by Crippen LogP contribution is -2.33. The number of likely N-dealkylation sites (N-methyl/N-ethyl adjacent to an activating group) is 1. The summed E-state index contributed by atoms with van der Waals surface area (Å²) in [5.74, 6) is -0.781. The maximum atomic E-state index is 12.7. The van der Waals surface area contributed by atoms with Gasteiger partial charge in [0, 0.05) is 12.4 Å². The molecule has 1 atom stereocenters. The number of pyridine rings is 1. The number of rotatable bonds is 5. The molecule has 3 rings (SSSR count). The van der Waals surface area contributed by atoms with Crippen molar-refractivity contribution in [3.63, 3.8) is 0 Å². The van der Waals surface area contributed by atoms with Crippen LogP contribution in [0.5, 0.6) is 0 Å². The van der Waals surface area contributed by atoms with Crippen LogP contribution in [0.2, 0.25) is 0 Å². The Morgan fingerprint density at radius 3 is 2.39 bits per heavy atom. The normalized spacial score (nSPS) is 11.9. The molecule has 0 aliphatic carbocycles. The van der Waals surface area contributed by atoms with Crippen molar-refractivity contribution in [2.75, 3.05) is 13.7 Å². The molecule has 144 valence electrons. The first kappa shape index (κ1) is 19.5. The number of benzene rings is 2. The fraction of sp³-hybridized carbons (Fsp3) is 0.261. The van der Waals surface area contributed by atoms with Crippen LogP contribution in [0.25, 0.3) is 10.9 Å². The van der Waals surface area contributed by atoms with Crippen LogP contribution in [0.3, 0.4) is 0 Å². The lowest BCUT2D eigenvalue weighted by Gasteiger charge is -2.25.